The van der Waals surface area contributed by atoms with Gasteiger partial charge < -0.3 is 10.2 Å². The largest absolute Gasteiger partial charge is 0.481 e. The minimum Gasteiger partial charge on any atom is -0.481 e. The number of aliphatic hydroxyl groups is 1. The third-order valence-electron chi connectivity index (χ3n) is 8.01. The number of rotatable bonds is 14. The number of thioether (sulfide) groups is 2. The third-order valence-corrected chi connectivity index (χ3v) is 11.4. The van der Waals surface area contributed by atoms with Crippen molar-refractivity contribution in [3.63, 3.8) is 0 Å². The molecule has 2 aliphatic heterocycles. The summed E-state index contributed by atoms with van der Waals surface area (Å²) in [5.41, 5.74) is 3.20. The predicted molar refractivity (Wildman–Crippen MR) is 175 cm³/mol. The Bertz CT molecular complexity index is 756. The van der Waals surface area contributed by atoms with Crippen LogP contribution in [0.25, 0.3) is 0 Å². The van der Waals surface area contributed by atoms with Crippen molar-refractivity contribution in [3.8, 4) is 0 Å². The van der Waals surface area contributed by atoms with Crippen LogP contribution in [-0.4, -0.2) is 33.3 Å². The minimum absolute atomic E-state index is 0.213. The van der Waals surface area contributed by atoms with Gasteiger partial charge in [-0.05, 0) is 68.4 Å². The van der Waals surface area contributed by atoms with E-state index in [2.05, 4.69) is 54.7 Å². The molecule has 3 rings (SSSR count). The average molecular weight is 581 g/mol. The molecule has 0 radical (unpaired) electrons. The zero-order valence-corrected chi connectivity index (χ0v) is 27.6. The molecule has 0 aliphatic carbocycles. The molecule has 2 heterocycles. The summed E-state index contributed by atoms with van der Waals surface area (Å²) in [6.07, 6.45) is 17.2. The Balaban J connectivity index is 0.00000181. The number of carboxylic acids is 1. The molecule has 2 fully saturated rings. The van der Waals surface area contributed by atoms with Crippen molar-refractivity contribution >= 4 is 29.5 Å². The van der Waals surface area contributed by atoms with Crippen LogP contribution in [0.15, 0.2) is 24.3 Å². The summed E-state index contributed by atoms with van der Waals surface area (Å²) in [7, 11) is 0. The van der Waals surface area contributed by atoms with Gasteiger partial charge in [0.05, 0.1) is 5.92 Å². The van der Waals surface area contributed by atoms with Gasteiger partial charge in [0, 0.05) is 27.6 Å². The van der Waals surface area contributed by atoms with Crippen molar-refractivity contribution in [2.24, 2.45) is 11.8 Å². The summed E-state index contributed by atoms with van der Waals surface area (Å²) in [4.78, 5) is 11.1. The lowest BCUT2D eigenvalue weighted by molar-refractivity contribution is -0.141. The van der Waals surface area contributed by atoms with Crippen LogP contribution in [0.4, 0.5) is 0 Å². The normalized spacial score (nSPS) is 24.4. The number of hydrogen-bond donors (Lipinski definition) is 2. The first-order valence-electron chi connectivity index (χ1n) is 16.2. The van der Waals surface area contributed by atoms with E-state index < -0.39 is 5.97 Å². The number of aliphatic carboxylic acids is 1. The van der Waals surface area contributed by atoms with Gasteiger partial charge in [-0.3, -0.25) is 4.79 Å². The first-order valence-corrected chi connectivity index (χ1v) is 18.1. The van der Waals surface area contributed by atoms with E-state index in [-0.39, 0.29) is 5.92 Å². The molecule has 2 saturated heterocycles. The predicted octanol–water partition coefficient (Wildman–Crippen LogP) is 10.9. The first kappa shape index (κ1) is 36.4. The second kappa shape index (κ2) is 22.0. The maximum atomic E-state index is 11.1. The van der Waals surface area contributed by atoms with Gasteiger partial charge in [0.2, 0.25) is 0 Å². The molecule has 0 bridgehead atoms. The quantitative estimate of drug-likeness (QED) is 0.214. The molecule has 1 aromatic rings. The Morgan fingerprint density at radius 1 is 0.795 bits per heavy atom. The highest BCUT2D eigenvalue weighted by Crippen LogP contribution is 2.50. The van der Waals surface area contributed by atoms with Gasteiger partial charge in [0.25, 0.3) is 0 Å². The lowest BCUT2D eigenvalue weighted by atomic mass is 9.94. The molecule has 5 heteroatoms. The lowest BCUT2D eigenvalue weighted by Gasteiger charge is -2.34. The van der Waals surface area contributed by atoms with Crippen molar-refractivity contribution in [2.75, 3.05) is 6.61 Å². The Morgan fingerprint density at radius 3 is 1.69 bits per heavy atom. The Morgan fingerprint density at radius 2 is 1.26 bits per heavy atom. The fraction of sp³-hybridized carbons (Fsp3) is 0.794. The zero-order chi connectivity index (χ0) is 29.0. The van der Waals surface area contributed by atoms with Gasteiger partial charge in [0.15, 0.2) is 0 Å². The van der Waals surface area contributed by atoms with E-state index in [9.17, 15) is 9.90 Å². The Labute approximate surface area is 250 Å². The van der Waals surface area contributed by atoms with Crippen molar-refractivity contribution in [3.05, 3.63) is 35.4 Å². The van der Waals surface area contributed by atoms with E-state index in [1.54, 1.807) is 11.1 Å². The summed E-state index contributed by atoms with van der Waals surface area (Å²) in [6, 6.07) is 9.30. The number of carboxylic acid groups (broad SMARTS) is 1. The number of carbonyl (C=O) groups is 1. The van der Waals surface area contributed by atoms with E-state index in [0.717, 1.165) is 36.2 Å². The third kappa shape index (κ3) is 13.7. The molecule has 1 aromatic carbocycles. The number of hydrogen-bond acceptors (Lipinski definition) is 4. The standard InChI is InChI=1S/C30H48O3S2.2C2H6/c1-22(21-31)11-3-5-13-24-15-9-19-28(34-24)26-17-7-8-18-27(26)29-20-10-16-25(35-29)14-6-4-12-23(2)30(32)33;2*1-2/h7-8,17-18,22-25,28-29,31H,3-6,9-16,19-21H2,1-2H3,(H,32,33);2*1-2H3. The summed E-state index contributed by atoms with van der Waals surface area (Å²) in [6.45, 7) is 12.3. The molecule has 6 unspecified atom stereocenters. The molecule has 0 aromatic heterocycles. The second-order valence-electron chi connectivity index (χ2n) is 11.1. The molecule has 3 nitrogen and oxygen atoms in total. The van der Waals surface area contributed by atoms with Gasteiger partial charge in [0.1, 0.15) is 0 Å². The van der Waals surface area contributed by atoms with Gasteiger partial charge in [-0.1, -0.05) is 104 Å². The Hall–Kier alpha value is -0.650. The second-order valence-corrected chi connectivity index (χ2v) is 14.1. The molecule has 39 heavy (non-hydrogen) atoms. The molecule has 2 N–H and O–H groups in total. The SMILES string of the molecule is CC.CC.CC(CO)CCCCC1CCCC(c2ccccc2C2CCCC(CCCCC(C)C(=O)O)S2)S1. The van der Waals surface area contributed by atoms with E-state index in [0.29, 0.717) is 23.0 Å². The molecule has 0 amide bonds. The highest BCUT2D eigenvalue weighted by molar-refractivity contribution is 8.00. The topological polar surface area (TPSA) is 57.5 Å². The fourth-order valence-corrected chi connectivity index (χ4v) is 9.15. The molecular formula is C34H60O3S2. The van der Waals surface area contributed by atoms with Gasteiger partial charge in [-0.25, -0.2) is 0 Å². The van der Waals surface area contributed by atoms with Crippen molar-refractivity contribution < 1.29 is 15.0 Å². The van der Waals surface area contributed by atoms with Crippen LogP contribution in [0.1, 0.15) is 153 Å². The van der Waals surface area contributed by atoms with Crippen molar-refractivity contribution in [1.82, 2.24) is 0 Å². The summed E-state index contributed by atoms with van der Waals surface area (Å²) in [5, 5.41) is 21.1. The van der Waals surface area contributed by atoms with Crippen LogP contribution in [0.2, 0.25) is 0 Å². The molecular weight excluding hydrogens is 521 g/mol. The van der Waals surface area contributed by atoms with Crippen LogP contribution < -0.4 is 0 Å². The molecule has 0 spiro atoms. The van der Waals surface area contributed by atoms with E-state index >= 15 is 0 Å². The minimum atomic E-state index is -0.659. The van der Waals surface area contributed by atoms with Crippen molar-refractivity contribution in [2.45, 2.75) is 152 Å². The van der Waals surface area contributed by atoms with Crippen LogP contribution in [0.5, 0.6) is 0 Å². The van der Waals surface area contributed by atoms with Crippen molar-refractivity contribution in [1.29, 1.82) is 0 Å². The highest BCUT2D eigenvalue weighted by Gasteiger charge is 2.30. The first-order chi connectivity index (χ1) is 19.0. The Kier molecular flexibility index (Phi) is 20.5. The number of aliphatic hydroxyl groups excluding tert-OH is 1. The average Bonchev–Trinajstić information content (AvgIpc) is 2.99. The maximum Gasteiger partial charge on any atom is 0.306 e. The van der Waals surface area contributed by atoms with Crippen LogP contribution in [0, 0.1) is 11.8 Å². The van der Waals surface area contributed by atoms with Crippen LogP contribution in [-0.2, 0) is 4.79 Å². The summed E-state index contributed by atoms with van der Waals surface area (Å²) >= 11 is 4.45. The van der Waals surface area contributed by atoms with E-state index in [1.165, 1.54) is 64.2 Å². The molecule has 226 valence electrons. The fourth-order valence-electron chi connectivity index (χ4n) is 5.68. The highest BCUT2D eigenvalue weighted by atomic mass is 32.2. The van der Waals surface area contributed by atoms with Gasteiger partial charge >= 0.3 is 5.97 Å². The summed E-state index contributed by atoms with van der Waals surface area (Å²) < 4.78 is 0. The zero-order valence-electron chi connectivity index (χ0n) is 26.0. The van der Waals surface area contributed by atoms with Crippen LogP contribution in [0.3, 0.4) is 0 Å². The number of benzene rings is 1. The smallest absolute Gasteiger partial charge is 0.306 e. The van der Waals surface area contributed by atoms with E-state index in [1.807, 2.05) is 34.6 Å². The van der Waals surface area contributed by atoms with Crippen LogP contribution >= 0.6 is 23.5 Å². The lowest BCUT2D eigenvalue weighted by Crippen LogP contribution is -2.17. The number of unbranched alkanes of at least 4 members (excludes halogenated alkanes) is 2. The monoisotopic (exact) mass is 580 g/mol. The van der Waals surface area contributed by atoms with Gasteiger partial charge in [-0.15, -0.1) is 0 Å². The summed E-state index contributed by atoms with van der Waals surface area (Å²) in [5.74, 6) is -0.429. The molecule has 2 aliphatic rings. The maximum absolute atomic E-state index is 11.1. The van der Waals surface area contributed by atoms with Gasteiger partial charge in [-0.2, -0.15) is 23.5 Å². The molecule has 6 atom stereocenters. The van der Waals surface area contributed by atoms with E-state index in [4.69, 9.17) is 5.11 Å². The molecule has 0 saturated carbocycles.